The van der Waals surface area contributed by atoms with E-state index in [-0.39, 0.29) is 23.3 Å². The van der Waals surface area contributed by atoms with Gasteiger partial charge in [-0.25, -0.2) is 4.98 Å². The molecule has 2 aliphatic rings. The number of fused-ring (bicyclic) bond motifs is 3. The molecule has 33 heavy (non-hydrogen) atoms. The lowest BCUT2D eigenvalue weighted by molar-refractivity contribution is -0.119. The predicted molar refractivity (Wildman–Crippen MR) is 131 cm³/mol. The van der Waals surface area contributed by atoms with Crippen LogP contribution in [0.2, 0.25) is 0 Å². The largest absolute Gasteiger partial charge is 0.495 e. The normalized spacial score (nSPS) is 17.8. The van der Waals surface area contributed by atoms with Crippen LogP contribution in [0.1, 0.15) is 36.1 Å². The molecule has 1 N–H and O–H groups in total. The first-order chi connectivity index (χ1) is 16.2. The molecule has 1 saturated heterocycles. The van der Waals surface area contributed by atoms with Crippen LogP contribution in [0, 0.1) is 0 Å². The predicted octanol–water partition coefficient (Wildman–Crippen LogP) is 3.72. The molecule has 0 radical (unpaired) electrons. The van der Waals surface area contributed by atoms with Crippen LogP contribution in [-0.4, -0.2) is 47.6 Å². The van der Waals surface area contributed by atoms with E-state index in [1.807, 2.05) is 24.3 Å². The van der Waals surface area contributed by atoms with Gasteiger partial charge in [0.25, 0.3) is 5.56 Å². The summed E-state index contributed by atoms with van der Waals surface area (Å²) in [5.74, 6) is 0.668. The number of ether oxygens (including phenoxy) is 2. The Morgan fingerprint density at radius 3 is 2.97 bits per heavy atom. The van der Waals surface area contributed by atoms with Gasteiger partial charge < -0.3 is 14.8 Å². The van der Waals surface area contributed by atoms with Crippen molar-refractivity contribution in [2.45, 2.75) is 49.8 Å². The van der Waals surface area contributed by atoms with E-state index in [0.29, 0.717) is 28.5 Å². The molecule has 5 rings (SSSR count). The van der Waals surface area contributed by atoms with E-state index < -0.39 is 0 Å². The number of nitrogens with one attached hydrogen (secondary N) is 1. The molecule has 1 aromatic carbocycles. The summed E-state index contributed by atoms with van der Waals surface area (Å²) in [6.45, 7) is 1.28. The van der Waals surface area contributed by atoms with Gasteiger partial charge in [-0.1, -0.05) is 23.9 Å². The van der Waals surface area contributed by atoms with E-state index in [1.54, 1.807) is 23.0 Å². The summed E-state index contributed by atoms with van der Waals surface area (Å²) < 4.78 is 12.7. The molecule has 0 spiro atoms. The number of nitrogens with zero attached hydrogens (tertiary/aromatic N) is 2. The van der Waals surface area contributed by atoms with Crippen LogP contribution >= 0.6 is 23.1 Å². The van der Waals surface area contributed by atoms with Crippen molar-refractivity contribution in [1.29, 1.82) is 0 Å². The Hall–Kier alpha value is -2.36. The van der Waals surface area contributed by atoms with E-state index in [4.69, 9.17) is 14.5 Å². The summed E-state index contributed by atoms with van der Waals surface area (Å²) in [6.07, 6.45) is 6.26. The van der Waals surface area contributed by atoms with Crippen molar-refractivity contribution in [3.05, 3.63) is 45.1 Å². The van der Waals surface area contributed by atoms with Crippen molar-refractivity contribution in [2.24, 2.45) is 0 Å². The van der Waals surface area contributed by atoms with Crippen LogP contribution in [0.4, 0.5) is 0 Å². The molecule has 9 heteroatoms. The second-order valence-electron chi connectivity index (χ2n) is 8.33. The highest BCUT2D eigenvalue weighted by Gasteiger charge is 2.24. The van der Waals surface area contributed by atoms with Gasteiger partial charge in [-0.15, -0.1) is 11.3 Å². The minimum Gasteiger partial charge on any atom is -0.495 e. The summed E-state index contributed by atoms with van der Waals surface area (Å²) in [4.78, 5) is 33.3. The van der Waals surface area contributed by atoms with E-state index in [0.717, 1.165) is 55.5 Å². The van der Waals surface area contributed by atoms with E-state index in [2.05, 4.69) is 5.32 Å². The average Bonchev–Trinajstić information content (AvgIpc) is 3.49. The van der Waals surface area contributed by atoms with Crippen molar-refractivity contribution in [3.63, 3.8) is 0 Å². The standard InChI is InChI=1S/C24H27N3O4S2/c1-30-18-10-4-3-9-17(18)27-23(29)21-16-8-2-5-11-19(16)33-22(21)26-24(27)32-14-20(28)25-13-15-7-6-12-31-15/h3-4,9-10,15H,2,5-8,11-14H2,1H3,(H,25,28)/t15-/m1/s1. The molecule has 1 aliphatic carbocycles. The molecule has 3 heterocycles. The lowest BCUT2D eigenvalue weighted by Crippen LogP contribution is -2.33. The highest BCUT2D eigenvalue weighted by Crippen LogP contribution is 2.36. The van der Waals surface area contributed by atoms with Crippen molar-refractivity contribution in [3.8, 4) is 11.4 Å². The Morgan fingerprint density at radius 1 is 1.30 bits per heavy atom. The lowest BCUT2D eigenvalue weighted by atomic mass is 9.97. The third kappa shape index (κ3) is 4.54. The first kappa shape index (κ1) is 22.4. The topological polar surface area (TPSA) is 82.4 Å². The van der Waals surface area contributed by atoms with Gasteiger partial charge in [0.15, 0.2) is 5.16 Å². The number of carbonyl (C=O) groups excluding carboxylic acids is 1. The number of para-hydroxylation sites is 2. The second kappa shape index (κ2) is 9.87. The molecule has 7 nitrogen and oxygen atoms in total. The molecule has 0 unspecified atom stereocenters. The number of aryl methyl sites for hydroxylation is 2. The van der Waals surface area contributed by atoms with Crippen LogP contribution in [0.3, 0.4) is 0 Å². The van der Waals surface area contributed by atoms with Gasteiger partial charge in [-0.05, 0) is 56.2 Å². The number of thiophene rings is 1. The fraction of sp³-hybridized carbons (Fsp3) is 0.458. The van der Waals surface area contributed by atoms with Gasteiger partial charge in [-0.3, -0.25) is 14.2 Å². The summed E-state index contributed by atoms with van der Waals surface area (Å²) in [7, 11) is 1.59. The highest BCUT2D eigenvalue weighted by molar-refractivity contribution is 7.99. The Bertz CT molecular complexity index is 1230. The smallest absolute Gasteiger partial charge is 0.267 e. The molecule has 0 bridgehead atoms. The molecular formula is C24H27N3O4S2. The van der Waals surface area contributed by atoms with Gasteiger partial charge in [-0.2, -0.15) is 0 Å². The zero-order valence-electron chi connectivity index (χ0n) is 18.6. The summed E-state index contributed by atoms with van der Waals surface area (Å²) in [6, 6.07) is 7.43. The van der Waals surface area contributed by atoms with Gasteiger partial charge in [0.05, 0.1) is 30.0 Å². The minimum absolute atomic E-state index is 0.0915. The van der Waals surface area contributed by atoms with E-state index in [1.165, 1.54) is 16.6 Å². The summed E-state index contributed by atoms with van der Waals surface area (Å²) >= 11 is 2.89. The monoisotopic (exact) mass is 485 g/mol. The lowest BCUT2D eigenvalue weighted by Gasteiger charge is -2.16. The third-order valence-electron chi connectivity index (χ3n) is 6.17. The number of amides is 1. The fourth-order valence-electron chi connectivity index (χ4n) is 4.52. The number of methoxy groups -OCH3 is 1. The third-order valence-corrected chi connectivity index (χ3v) is 8.29. The van der Waals surface area contributed by atoms with Crippen molar-refractivity contribution >= 4 is 39.2 Å². The Kier molecular flexibility index (Phi) is 6.71. The number of aromatic nitrogens is 2. The van der Waals surface area contributed by atoms with Crippen LogP contribution < -0.4 is 15.6 Å². The highest BCUT2D eigenvalue weighted by atomic mass is 32.2. The van der Waals surface area contributed by atoms with Crippen LogP contribution in [-0.2, 0) is 22.4 Å². The van der Waals surface area contributed by atoms with E-state index >= 15 is 0 Å². The molecule has 2 aromatic heterocycles. The number of carbonyl (C=O) groups is 1. The molecule has 1 atom stereocenters. The fourth-order valence-corrected chi connectivity index (χ4v) is 6.66. The quantitative estimate of drug-likeness (QED) is 0.406. The van der Waals surface area contributed by atoms with Crippen molar-refractivity contribution < 1.29 is 14.3 Å². The maximum atomic E-state index is 13.8. The molecule has 174 valence electrons. The summed E-state index contributed by atoms with van der Waals surface area (Å²) in [5, 5.41) is 4.16. The number of hydrogen-bond donors (Lipinski definition) is 1. The molecule has 1 amide bonds. The first-order valence-electron chi connectivity index (χ1n) is 11.4. The molecule has 3 aromatic rings. The SMILES string of the molecule is COc1ccccc1-n1c(SCC(=O)NC[C@H]2CCCO2)nc2sc3c(c2c1=O)CCCC3. The number of benzene rings is 1. The maximum Gasteiger partial charge on any atom is 0.267 e. The van der Waals surface area contributed by atoms with Crippen LogP contribution in [0.25, 0.3) is 15.9 Å². The number of thioether (sulfide) groups is 1. The maximum absolute atomic E-state index is 13.8. The first-order valence-corrected chi connectivity index (χ1v) is 13.2. The minimum atomic E-state index is -0.0955. The second-order valence-corrected chi connectivity index (χ2v) is 10.4. The Balaban J connectivity index is 1.51. The van der Waals surface area contributed by atoms with Gasteiger partial charge in [0.1, 0.15) is 10.6 Å². The van der Waals surface area contributed by atoms with Crippen molar-refractivity contribution in [1.82, 2.24) is 14.9 Å². The molecule has 1 fully saturated rings. The summed E-state index contributed by atoms with van der Waals surface area (Å²) in [5.41, 5.74) is 1.69. The molecule has 1 aliphatic heterocycles. The Morgan fingerprint density at radius 2 is 2.15 bits per heavy atom. The average molecular weight is 486 g/mol. The Labute approximate surface area is 200 Å². The van der Waals surface area contributed by atoms with Crippen LogP contribution in [0.15, 0.2) is 34.2 Å². The van der Waals surface area contributed by atoms with E-state index in [9.17, 15) is 9.59 Å². The van der Waals surface area contributed by atoms with Gasteiger partial charge >= 0.3 is 0 Å². The molecular weight excluding hydrogens is 458 g/mol. The van der Waals surface area contributed by atoms with Crippen LogP contribution in [0.5, 0.6) is 5.75 Å². The van der Waals surface area contributed by atoms with Gasteiger partial charge in [0, 0.05) is 18.0 Å². The molecule has 0 saturated carbocycles. The zero-order chi connectivity index (χ0) is 22.8. The number of hydrogen-bond acceptors (Lipinski definition) is 7. The zero-order valence-corrected chi connectivity index (χ0v) is 20.2. The number of rotatable bonds is 7. The van der Waals surface area contributed by atoms with Gasteiger partial charge in [0.2, 0.25) is 5.91 Å². The van der Waals surface area contributed by atoms with Crippen molar-refractivity contribution in [2.75, 3.05) is 26.0 Å².